The third kappa shape index (κ3) is 3.75. The van der Waals surface area contributed by atoms with Gasteiger partial charge in [-0.25, -0.2) is 9.18 Å². The van der Waals surface area contributed by atoms with Crippen molar-refractivity contribution in [2.45, 2.75) is 6.42 Å². The van der Waals surface area contributed by atoms with E-state index >= 15 is 0 Å². The average Bonchev–Trinajstić information content (AvgIpc) is 2.70. The lowest BCUT2D eigenvalue weighted by Crippen LogP contribution is -2.04. The van der Waals surface area contributed by atoms with Gasteiger partial charge in [0, 0.05) is 6.42 Å². The molecule has 0 spiro atoms. The third-order valence-electron chi connectivity index (χ3n) is 1.48. The van der Waals surface area contributed by atoms with E-state index in [9.17, 15) is 18.0 Å². The van der Waals surface area contributed by atoms with Crippen LogP contribution in [0, 0.1) is 0 Å². The van der Waals surface area contributed by atoms with Crippen LogP contribution in [-0.4, -0.2) is 12.6 Å². The Labute approximate surface area is 88.0 Å². The van der Waals surface area contributed by atoms with Gasteiger partial charge in [-0.05, 0) is 11.4 Å². The Morgan fingerprint density at radius 2 is 2.13 bits per heavy atom. The summed E-state index contributed by atoms with van der Waals surface area (Å²) >= 11 is 1.17. The monoisotopic (exact) mass is 236 g/mol. The maximum atomic E-state index is 12.3. The van der Waals surface area contributed by atoms with Crippen molar-refractivity contribution >= 4 is 17.3 Å². The van der Waals surface area contributed by atoms with E-state index in [4.69, 9.17) is 0 Å². The van der Waals surface area contributed by atoms with Gasteiger partial charge in [0.2, 0.25) is 0 Å². The number of thiophene rings is 1. The molecule has 1 aromatic rings. The smallest absolute Gasteiger partial charge is 0.348 e. The molecule has 0 aliphatic rings. The van der Waals surface area contributed by atoms with E-state index in [2.05, 4.69) is 4.74 Å². The van der Waals surface area contributed by atoms with E-state index in [0.717, 1.165) is 0 Å². The molecule has 82 valence electrons. The first-order valence-corrected chi connectivity index (χ1v) is 4.89. The van der Waals surface area contributed by atoms with Crippen molar-refractivity contribution in [3.8, 4) is 0 Å². The van der Waals surface area contributed by atoms with Crippen LogP contribution in [0.25, 0.3) is 0 Å². The van der Waals surface area contributed by atoms with Crippen LogP contribution in [0.4, 0.5) is 13.2 Å². The van der Waals surface area contributed by atoms with Crippen LogP contribution in [0.3, 0.4) is 0 Å². The standard InChI is InChI=1S/C9H7F3O2S/c10-6(8(11)12)3-4-14-9(13)7-2-1-5-15-7/h1-2,5H,3-4H2. The molecule has 0 amide bonds. The summed E-state index contributed by atoms with van der Waals surface area (Å²) in [6.07, 6.45) is -2.97. The molecular weight excluding hydrogens is 229 g/mol. The second-order valence-electron chi connectivity index (χ2n) is 2.53. The van der Waals surface area contributed by atoms with Crippen molar-refractivity contribution in [3.63, 3.8) is 0 Å². The summed E-state index contributed by atoms with van der Waals surface area (Å²) in [7, 11) is 0. The number of halogens is 3. The highest BCUT2D eigenvalue weighted by molar-refractivity contribution is 7.11. The van der Waals surface area contributed by atoms with Crippen molar-refractivity contribution in [2.75, 3.05) is 6.61 Å². The van der Waals surface area contributed by atoms with Gasteiger partial charge in [0.1, 0.15) is 4.88 Å². The second kappa shape index (κ2) is 5.55. The topological polar surface area (TPSA) is 26.3 Å². The fourth-order valence-electron chi connectivity index (χ4n) is 0.794. The summed E-state index contributed by atoms with van der Waals surface area (Å²) in [6, 6.07) is 3.19. The molecule has 1 heterocycles. The zero-order chi connectivity index (χ0) is 11.3. The molecule has 0 N–H and O–H groups in total. The van der Waals surface area contributed by atoms with Crippen LogP contribution >= 0.6 is 11.3 Å². The molecule has 0 aliphatic carbocycles. The number of ether oxygens (including phenoxy) is 1. The lowest BCUT2D eigenvalue weighted by atomic mass is 10.4. The van der Waals surface area contributed by atoms with Crippen molar-refractivity contribution in [1.82, 2.24) is 0 Å². The van der Waals surface area contributed by atoms with Crippen LogP contribution in [0.5, 0.6) is 0 Å². The molecule has 0 atom stereocenters. The van der Waals surface area contributed by atoms with Crippen molar-refractivity contribution in [1.29, 1.82) is 0 Å². The van der Waals surface area contributed by atoms with Gasteiger partial charge < -0.3 is 4.74 Å². The number of carbonyl (C=O) groups excluding carboxylic acids is 1. The SMILES string of the molecule is O=C(OCCC(F)=C(F)F)c1cccs1. The largest absolute Gasteiger partial charge is 0.461 e. The molecular formula is C9H7F3O2S. The molecule has 0 radical (unpaired) electrons. The van der Waals surface area contributed by atoms with Crippen molar-refractivity contribution < 1.29 is 22.7 Å². The summed E-state index contributed by atoms with van der Waals surface area (Å²) in [5.41, 5.74) is 0. The molecule has 0 saturated carbocycles. The Balaban J connectivity index is 2.33. The van der Waals surface area contributed by atoms with Gasteiger partial charge in [0.25, 0.3) is 0 Å². The molecule has 0 saturated heterocycles. The summed E-state index contributed by atoms with van der Waals surface area (Å²) in [5, 5.41) is 1.68. The number of carbonyl (C=O) groups is 1. The molecule has 2 nitrogen and oxygen atoms in total. The van der Waals surface area contributed by atoms with Crippen LogP contribution in [-0.2, 0) is 4.74 Å². The summed E-state index contributed by atoms with van der Waals surface area (Å²) in [6.45, 7) is -0.389. The Bertz CT molecular complexity index is 355. The zero-order valence-electron chi connectivity index (χ0n) is 7.50. The third-order valence-corrected chi connectivity index (χ3v) is 2.33. The fourth-order valence-corrected chi connectivity index (χ4v) is 1.41. The first-order valence-electron chi connectivity index (χ1n) is 4.01. The Hall–Kier alpha value is -1.30. The number of hydrogen-bond donors (Lipinski definition) is 0. The minimum absolute atomic E-state index is 0.361. The highest BCUT2D eigenvalue weighted by atomic mass is 32.1. The number of rotatable bonds is 4. The fraction of sp³-hybridized carbons (Fsp3) is 0.222. The van der Waals surface area contributed by atoms with Gasteiger partial charge in [-0.2, -0.15) is 8.78 Å². The van der Waals surface area contributed by atoms with Gasteiger partial charge in [-0.3, -0.25) is 0 Å². The van der Waals surface area contributed by atoms with Crippen molar-refractivity contribution in [2.24, 2.45) is 0 Å². The van der Waals surface area contributed by atoms with Gasteiger partial charge in [-0.1, -0.05) is 6.07 Å². The molecule has 1 aromatic heterocycles. The number of esters is 1. The van der Waals surface area contributed by atoms with Crippen LogP contribution in [0.1, 0.15) is 16.1 Å². The Morgan fingerprint density at radius 3 is 2.67 bits per heavy atom. The van der Waals surface area contributed by atoms with Crippen molar-refractivity contribution in [3.05, 3.63) is 34.3 Å². The normalized spacial score (nSPS) is 9.80. The first kappa shape index (κ1) is 11.8. The van der Waals surface area contributed by atoms with Gasteiger partial charge in [-0.15, -0.1) is 11.3 Å². The van der Waals surface area contributed by atoms with E-state index < -0.39 is 24.3 Å². The molecule has 0 aromatic carbocycles. The lowest BCUT2D eigenvalue weighted by Gasteiger charge is -2.00. The highest BCUT2D eigenvalue weighted by Gasteiger charge is 2.10. The minimum Gasteiger partial charge on any atom is -0.461 e. The predicted octanol–water partition coefficient (Wildman–Crippen LogP) is 3.37. The number of hydrogen-bond acceptors (Lipinski definition) is 3. The lowest BCUT2D eigenvalue weighted by molar-refractivity contribution is 0.0508. The van der Waals surface area contributed by atoms with E-state index in [1.54, 1.807) is 11.4 Å². The maximum Gasteiger partial charge on any atom is 0.348 e. The van der Waals surface area contributed by atoms with E-state index in [1.165, 1.54) is 17.4 Å². The molecule has 1 rings (SSSR count). The first-order chi connectivity index (χ1) is 7.11. The van der Waals surface area contributed by atoms with Crippen LogP contribution in [0.15, 0.2) is 29.4 Å². The highest BCUT2D eigenvalue weighted by Crippen LogP contribution is 2.14. The second-order valence-corrected chi connectivity index (χ2v) is 3.48. The molecule has 0 aliphatic heterocycles. The maximum absolute atomic E-state index is 12.3. The average molecular weight is 236 g/mol. The Morgan fingerprint density at radius 1 is 1.40 bits per heavy atom. The van der Waals surface area contributed by atoms with Gasteiger partial charge >= 0.3 is 12.0 Å². The summed E-state index contributed by atoms with van der Waals surface area (Å²) < 4.78 is 40.0. The van der Waals surface area contributed by atoms with E-state index in [1.807, 2.05) is 0 Å². The Kier molecular flexibility index (Phi) is 4.36. The molecule has 0 bridgehead atoms. The van der Waals surface area contributed by atoms with Crippen LogP contribution in [0.2, 0.25) is 0 Å². The van der Waals surface area contributed by atoms with Gasteiger partial charge in [0.15, 0.2) is 5.83 Å². The molecule has 6 heteroatoms. The van der Waals surface area contributed by atoms with Crippen LogP contribution < -0.4 is 0 Å². The predicted molar refractivity (Wildman–Crippen MR) is 49.6 cm³/mol. The zero-order valence-corrected chi connectivity index (χ0v) is 8.32. The van der Waals surface area contributed by atoms with E-state index in [0.29, 0.717) is 4.88 Å². The summed E-state index contributed by atoms with van der Waals surface area (Å²) in [5.74, 6) is -2.17. The van der Waals surface area contributed by atoms with Gasteiger partial charge in [0.05, 0.1) is 6.61 Å². The summed E-state index contributed by atoms with van der Waals surface area (Å²) in [4.78, 5) is 11.5. The van der Waals surface area contributed by atoms with E-state index in [-0.39, 0.29) is 6.61 Å². The molecule has 0 fully saturated rings. The molecule has 15 heavy (non-hydrogen) atoms. The molecule has 0 unspecified atom stereocenters. The minimum atomic E-state index is -2.37. The quantitative estimate of drug-likeness (QED) is 0.749.